The fraction of sp³-hybridized carbons (Fsp3) is 0.250. The highest BCUT2D eigenvalue weighted by Crippen LogP contribution is 2.17. The van der Waals surface area contributed by atoms with Crippen LogP contribution in [0.5, 0.6) is 0 Å². The summed E-state index contributed by atoms with van der Waals surface area (Å²) in [6.45, 7) is 1.19. The highest BCUT2D eigenvalue weighted by Gasteiger charge is 2.13. The molecule has 0 fully saturated rings. The summed E-state index contributed by atoms with van der Waals surface area (Å²) < 4.78 is 18.5. The van der Waals surface area contributed by atoms with E-state index in [-0.39, 0.29) is 24.3 Å². The lowest BCUT2D eigenvalue weighted by Gasteiger charge is -2.08. The van der Waals surface area contributed by atoms with Gasteiger partial charge in [-0.2, -0.15) is 0 Å². The van der Waals surface area contributed by atoms with E-state index < -0.39 is 24.3 Å². The minimum atomic E-state index is -0.663. The molecular weight excluding hydrogens is 369 g/mol. The fourth-order valence-corrected chi connectivity index (χ4v) is 2.67. The van der Waals surface area contributed by atoms with Gasteiger partial charge in [0.15, 0.2) is 12.4 Å². The Balaban J connectivity index is 1.74. The maximum absolute atomic E-state index is 13.7. The molecule has 1 amide bonds. The molecule has 27 heavy (non-hydrogen) atoms. The Morgan fingerprint density at radius 1 is 1.07 bits per heavy atom. The lowest BCUT2D eigenvalue weighted by molar-refractivity contribution is -0.147. The maximum atomic E-state index is 13.7. The molecule has 1 N–H and O–H groups in total. The molecule has 2 aromatic rings. The van der Waals surface area contributed by atoms with Gasteiger partial charge in [0.05, 0.1) is 12.1 Å². The lowest BCUT2D eigenvalue weighted by atomic mass is 10.1. The number of anilines is 1. The SMILES string of the molecule is CSc1ccc(C(=O)CCC(=O)OCC(=O)Nc2ccc(C)cc2F)cc1. The Kier molecular flexibility index (Phi) is 7.55. The Labute approximate surface area is 161 Å². The first-order valence-electron chi connectivity index (χ1n) is 8.28. The van der Waals surface area contributed by atoms with Crippen molar-refractivity contribution in [3.05, 3.63) is 59.4 Å². The number of carbonyl (C=O) groups is 3. The zero-order chi connectivity index (χ0) is 19.8. The molecular formula is C20H20FNO4S. The van der Waals surface area contributed by atoms with Crippen LogP contribution in [0.2, 0.25) is 0 Å². The summed E-state index contributed by atoms with van der Waals surface area (Å²) in [5, 5.41) is 2.33. The standard InChI is InChI=1S/C20H20FNO4S/c1-13-3-8-17(16(21)11-13)22-19(24)12-26-20(25)10-9-18(23)14-4-6-15(27-2)7-5-14/h3-8,11H,9-10,12H2,1-2H3,(H,22,24). The highest BCUT2D eigenvalue weighted by atomic mass is 32.2. The van der Waals surface area contributed by atoms with Crippen LogP contribution in [0.15, 0.2) is 47.4 Å². The van der Waals surface area contributed by atoms with Crippen LogP contribution in [-0.4, -0.2) is 30.5 Å². The second-order valence-corrected chi connectivity index (χ2v) is 6.72. The summed E-state index contributed by atoms with van der Waals surface area (Å²) >= 11 is 1.57. The van der Waals surface area contributed by atoms with Crippen LogP contribution >= 0.6 is 11.8 Å². The molecule has 2 aromatic carbocycles. The third-order valence-corrected chi connectivity index (χ3v) is 4.47. The molecule has 0 aliphatic rings. The molecule has 142 valence electrons. The van der Waals surface area contributed by atoms with E-state index in [2.05, 4.69) is 5.32 Å². The van der Waals surface area contributed by atoms with Crippen molar-refractivity contribution < 1.29 is 23.5 Å². The molecule has 0 atom stereocenters. The lowest BCUT2D eigenvalue weighted by Crippen LogP contribution is -2.21. The van der Waals surface area contributed by atoms with Crippen molar-refractivity contribution in [1.82, 2.24) is 0 Å². The summed E-state index contributed by atoms with van der Waals surface area (Å²) in [5.74, 6) is -2.05. The predicted octanol–water partition coefficient (Wildman–Crippen LogP) is 4.00. The van der Waals surface area contributed by atoms with Crippen molar-refractivity contribution in [2.75, 3.05) is 18.2 Å². The second kappa shape index (κ2) is 9.87. The van der Waals surface area contributed by atoms with Crippen LogP contribution in [0.1, 0.15) is 28.8 Å². The minimum absolute atomic E-state index is 0.00828. The normalized spacial score (nSPS) is 10.3. The van der Waals surface area contributed by atoms with Crippen LogP contribution in [0.3, 0.4) is 0 Å². The second-order valence-electron chi connectivity index (χ2n) is 5.84. The van der Waals surface area contributed by atoms with E-state index in [0.29, 0.717) is 5.56 Å². The molecule has 0 bridgehead atoms. The number of amides is 1. The number of benzene rings is 2. The molecule has 0 heterocycles. The topological polar surface area (TPSA) is 72.5 Å². The quantitative estimate of drug-likeness (QED) is 0.420. The first-order valence-corrected chi connectivity index (χ1v) is 9.50. The number of esters is 1. The number of nitrogens with one attached hydrogen (secondary N) is 1. The molecule has 0 aliphatic heterocycles. The molecule has 0 radical (unpaired) electrons. The largest absolute Gasteiger partial charge is 0.456 e. The number of carbonyl (C=O) groups excluding carboxylic acids is 3. The van der Waals surface area contributed by atoms with Crippen molar-refractivity contribution in [2.24, 2.45) is 0 Å². The number of thioether (sulfide) groups is 1. The van der Waals surface area contributed by atoms with Gasteiger partial charge in [-0.3, -0.25) is 14.4 Å². The molecule has 0 unspecified atom stereocenters. The molecule has 0 spiro atoms. The van der Waals surface area contributed by atoms with Crippen LogP contribution in [0.25, 0.3) is 0 Å². The van der Waals surface area contributed by atoms with Gasteiger partial charge in [0.2, 0.25) is 0 Å². The van der Waals surface area contributed by atoms with Gasteiger partial charge in [0.1, 0.15) is 5.82 Å². The van der Waals surface area contributed by atoms with Gasteiger partial charge in [0.25, 0.3) is 5.91 Å². The zero-order valence-electron chi connectivity index (χ0n) is 15.1. The third-order valence-electron chi connectivity index (χ3n) is 3.73. The van der Waals surface area contributed by atoms with E-state index in [4.69, 9.17) is 4.74 Å². The monoisotopic (exact) mass is 389 g/mol. The summed E-state index contributed by atoms with van der Waals surface area (Å²) in [5.41, 5.74) is 1.27. The van der Waals surface area contributed by atoms with Crippen molar-refractivity contribution in [3.8, 4) is 0 Å². The van der Waals surface area contributed by atoms with Gasteiger partial charge >= 0.3 is 5.97 Å². The zero-order valence-corrected chi connectivity index (χ0v) is 15.9. The summed E-state index contributed by atoms with van der Waals surface area (Å²) in [6, 6.07) is 11.5. The van der Waals surface area contributed by atoms with Gasteiger partial charge < -0.3 is 10.1 Å². The highest BCUT2D eigenvalue weighted by molar-refractivity contribution is 7.98. The summed E-state index contributed by atoms with van der Waals surface area (Å²) in [7, 11) is 0. The van der Waals surface area contributed by atoms with Gasteiger partial charge in [-0.1, -0.05) is 18.2 Å². The van der Waals surface area contributed by atoms with E-state index >= 15 is 0 Å². The van der Waals surface area contributed by atoms with Crippen molar-refractivity contribution in [2.45, 2.75) is 24.7 Å². The first kappa shape index (κ1) is 20.6. The number of hydrogen-bond acceptors (Lipinski definition) is 5. The average molecular weight is 389 g/mol. The first-order chi connectivity index (χ1) is 12.9. The van der Waals surface area contributed by atoms with E-state index in [1.165, 1.54) is 12.1 Å². The van der Waals surface area contributed by atoms with Crippen LogP contribution < -0.4 is 5.32 Å². The molecule has 0 saturated heterocycles. The fourth-order valence-electron chi connectivity index (χ4n) is 2.26. The molecule has 2 rings (SSSR count). The Bertz CT molecular complexity index is 836. The minimum Gasteiger partial charge on any atom is -0.456 e. The van der Waals surface area contributed by atoms with Gasteiger partial charge in [-0.05, 0) is 43.0 Å². The maximum Gasteiger partial charge on any atom is 0.306 e. The third kappa shape index (κ3) is 6.53. The summed E-state index contributed by atoms with van der Waals surface area (Å²) in [4.78, 5) is 36.6. The number of rotatable bonds is 8. The molecule has 0 aliphatic carbocycles. The Morgan fingerprint density at radius 3 is 2.41 bits per heavy atom. The number of Topliss-reactive ketones (excluding diaryl/α,β-unsaturated/α-hetero) is 1. The molecule has 7 heteroatoms. The van der Waals surface area contributed by atoms with Crippen molar-refractivity contribution in [3.63, 3.8) is 0 Å². The van der Waals surface area contributed by atoms with E-state index in [1.807, 2.05) is 18.4 Å². The predicted molar refractivity (Wildman–Crippen MR) is 103 cm³/mol. The Morgan fingerprint density at radius 2 is 1.78 bits per heavy atom. The molecule has 0 aromatic heterocycles. The molecule has 5 nitrogen and oxygen atoms in total. The Hall–Kier alpha value is -2.67. The van der Waals surface area contributed by atoms with Gasteiger partial charge in [0, 0.05) is 16.9 Å². The number of ketones is 1. The van der Waals surface area contributed by atoms with Crippen LogP contribution in [0, 0.1) is 12.7 Å². The van der Waals surface area contributed by atoms with Gasteiger partial charge in [-0.25, -0.2) is 4.39 Å². The van der Waals surface area contributed by atoms with Gasteiger partial charge in [-0.15, -0.1) is 11.8 Å². The summed E-state index contributed by atoms with van der Waals surface area (Å²) in [6.07, 6.45) is 1.80. The van der Waals surface area contributed by atoms with E-state index in [9.17, 15) is 18.8 Å². The van der Waals surface area contributed by atoms with Crippen molar-refractivity contribution in [1.29, 1.82) is 0 Å². The van der Waals surface area contributed by atoms with Crippen LogP contribution in [0.4, 0.5) is 10.1 Å². The number of halogens is 1. The van der Waals surface area contributed by atoms with Crippen LogP contribution in [-0.2, 0) is 14.3 Å². The van der Waals surface area contributed by atoms with E-state index in [0.717, 1.165) is 10.5 Å². The smallest absolute Gasteiger partial charge is 0.306 e. The number of aryl methyl sites for hydroxylation is 1. The molecule has 0 saturated carbocycles. The number of hydrogen-bond donors (Lipinski definition) is 1. The number of ether oxygens (including phenoxy) is 1. The van der Waals surface area contributed by atoms with Crippen molar-refractivity contribution >= 4 is 35.1 Å². The average Bonchev–Trinajstić information content (AvgIpc) is 2.66. The van der Waals surface area contributed by atoms with E-state index in [1.54, 1.807) is 36.9 Å².